The van der Waals surface area contributed by atoms with Gasteiger partial charge in [-0.15, -0.1) is 0 Å². The number of non-ortho nitro benzene ring substituents is 1. The number of rotatable bonds is 5. The summed E-state index contributed by atoms with van der Waals surface area (Å²) in [5.74, 6) is 0.108. The number of carbonyl (C=O) groups excluding carboxylic acids is 1. The van der Waals surface area contributed by atoms with Crippen molar-refractivity contribution >= 4 is 27.4 Å². The number of ketones is 1. The highest BCUT2D eigenvalue weighted by atomic mass is 79.9. The first kappa shape index (κ1) is 15.2. The van der Waals surface area contributed by atoms with Crippen molar-refractivity contribution in [2.24, 2.45) is 0 Å². The van der Waals surface area contributed by atoms with Crippen LogP contribution in [-0.2, 0) is 0 Å². The first-order chi connectivity index (χ1) is 9.97. The summed E-state index contributed by atoms with van der Waals surface area (Å²) >= 11 is 3.30. The molecule has 0 radical (unpaired) electrons. The van der Waals surface area contributed by atoms with Gasteiger partial charge in [0, 0.05) is 16.1 Å². The molecule has 2 aromatic rings. The molecule has 0 N–H and O–H groups in total. The van der Waals surface area contributed by atoms with Gasteiger partial charge in [-0.1, -0.05) is 34.1 Å². The van der Waals surface area contributed by atoms with Crippen LogP contribution < -0.4 is 4.74 Å². The molecule has 0 saturated heterocycles. The normalized spacial score (nSPS) is 11.7. The van der Waals surface area contributed by atoms with Crippen molar-refractivity contribution < 1.29 is 14.5 Å². The van der Waals surface area contributed by atoms with Gasteiger partial charge in [0.1, 0.15) is 5.75 Å². The van der Waals surface area contributed by atoms with Crippen LogP contribution in [0.5, 0.6) is 5.75 Å². The average molecular weight is 350 g/mol. The second-order valence-corrected chi connectivity index (χ2v) is 5.30. The van der Waals surface area contributed by atoms with Crippen LogP contribution in [0, 0.1) is 10.1 Å². The molecule has 5 nitrogen and oxygen atoms in total. The zero-order chi connectivity index (χ0) is 15.4. The summed E-state index contributed by atoms with van der Waals surface area (Å²) in [5.41, 5.74) is 0.451. The monoisotopic (exact) mass is 349 g/mol. The second-order valence-electron chi connectivity index (χ2n) is 4.39. The summed E-state index contributed by atoms with van der Waals surface area (Å²) in [6.07, 6.45) is -0.729. The Kier molecular flexibility index (Phi) is 4.70. The van der Waals surface area contributed by atoms with Crippen LogP contribution in [0.1, 0.15) is 17.3 Å². The van der Waals surface area contributed by atoms with Crippen LogP contribution in [0.15, 0.2) is 53.0 Å². The zero-order valence-corrected chi connectivity index (χ0v) is 12.7. The maximum atomic E-state index is 12.2. The van der Waals surface area contributed by atoms with Crippen molar-refractivity contribution in [2.45, 2.75) is 13.0 Å². The molecule has 0 fully saturated rings. The van der Waals surface area contributed by atoms with E-state index >= 15 is 0 Å². The number of halogens is 1. The summed E-state index contributed by atoms with van der Waals surface area (Å²) in [5, 5.41) is 10.7. The lowest BCUT2D eigenvalue weighted by molar-refractivity contribution is -0.384. The molecule has 0 aliphatic carbocycles. The number of hydrogen-bond donors (Lipinski definition) is 0. The summed E-state index contributed by atoms with van der Waals surface area (Å²) < 4.78 is 6.37. The summed E-state index contributed by atoms with van der Waals surface area (Å²) in [7, 11) is 0. The van der Waals surface area contributed by atoms with Gasteiger partial charge in [0.15, 0.2) is 6.10 Å². The van der Waals surface area contributed by atoms with Gasteiger partial charge in [-0.2, -0.15) is 0 Å². The second kappa shape index (κ2) is 6.49. The third kappa shape index (κ3) is 3.88. The van der Waals surface area contributed by atoms with E-state index < -0.39 is 11.0 Å². The molecule has 2 aromatic carbocycles. The largest absolute Gasteiger partial charge is 0.482 e. The van der Waals surface area contributed by atoms with E-state index in [1.807, 2.05) is 0 Å². The molecule has 0 aromatic heterocycles. The first-order valence-corrected chi connectivity index (χ1v) is 6.97. The van der Waals surface area contributed by atoms with E-state index in [1.54, 1.807) is 37.3 Å². The highest BCUT2D eigenvalue weighted by molar-refractivity contribution is 9.10. The van der Waals surface area contributed by atoms with Crippen molar-refractivity contribution in [1.29, 1.82) is 0 Å². The molecular formula is C15H12BrNO4. The van der Waals surface area contributed by atoms with Crippen molar-refractivity contribution in [2.75, 3.05) is 0 Å². The number of nitrogens with zero attached hydrogens (tertiary/aromatic N) is 1. The lowest BCUT2D eigenvalue weighted by Crippen LogP contribution is -2.23. The van der Waals surface area contributed by atoms with Crippen LogP contribution in [0.25, 0.3) is 0 Å². The van der Waals surface area contributed by atoms with E-state index in [0.717, 1.165) is 4.47 Å². The van der Waals surface area contributed by atoms with Gasteiger partial charge in [0.25, 0.3) is 5.69 Å². The maximum Gasteiger partial charge on any atom is 0.273 e. The molecule has 0 amide bonds. The number of nitro groups is 1. The molecule has 0 aliphatic rings. The Morgan fingerprint density at radius 1 is 1.24 bits per heavy atom. The van der Waals surface area contributed by atoms with E-state index in [2.05, 4.69) is 15.9 Å². The summed E-state index contributed by atoms with van der Waals surface area (Å²) in [6, 6.07) is 12.7. The van der Waals surface area contributed by atoms with Crippen LogP contribution in [0.4, 0.5) is 5.69 Å². The third-order valence-corrected chi connectivity index (χ3v) is 3.37. The molecule has 0 aliphatic heterocycles. The van der Waals surface area contributed by atoms with Crippen molar-refractivity contribution in [3.63, 3.8) is 0 Å². The smallest absolute Gasteiger partial charge is 0.273 e. The van der Waals surface area contributed by atoms with Gasteiger partial charge in [0.2, 0.25) is 5.78 Å². The Hall–Kier alpha value is -2.21. The van der Waals surface area contributed by atoms with Crippen molar-refractivity contribution in [3.8, 4) is 5.75 Å². The third-order valence-electron chi connectivity index (χ3n) is 2.84. The molecule has 0 saturated carbocycles. The van der Waals surface area contributed by atoms with Gasteiger partial charge < -0.3 is 4.74 Å². The highest BCUT2D eigenvalue weighted by Crippen LogP contribution is 2.21. The molecule has 0 heterocycles. The van der Waals surface area contributed by atoms with Gasteiger partial charge in [0.05, 0.1) is 11.0 Å². The van der Waals surface area contributed by atoms with Gasteiger partial charge in [-0.3, -0.25) is 14.9 Å². The predicted molar refractivity (Wildman–Crippen MR) is 81.7 cm³/mol. The minimum Gasteiger partial charge on any atom is -0.482 e. The van der Waals surface area contributed by atoms with E-state index in [1.165, 1.54) is 18.2 Å². The Morgan fingerprint density at radius 2 is 1.90 bits per heavy atom. The molecule has 2 rings (SSSR count). The average Bonchev–Trinajstić information content (AvgIpc) is 2.47. The van der Waals surface area contributed by atoms with Crippen LogP contribution >= 0.6 is 15.9 Å². The van der Waals surface area contributed by atoms with E-state index in [-0.39, 0.29) is 11.5 Å². The van der Waals surface area contributed by atoms with Gasteiger partial charge >= 0.3 is 0 Å². The van der Waals surface area contributed by atoms with Crippen molar-refractivity contribution in [3.05, 3.63) is 68.7 Å². The van der Waals surface area contributed by atoms with Gasteiger partial charge in [-0.25, -0.2) is 0 Å². The molecule has 0 bridgehead atoms. The quantitative estimate of drug-likeness (QED) is 0.464. The van der Waals surface area contributed by atoms with E-state index in [4.69, 9.17) is 4.74 Å². The SMILES string of the molecule is CC(Oc1cccc([N+](=O)[O-])c1)C(=O)c1ccc(Br)cc1. The predicted octanol–water partition coefficient (Wildman–Crippen LogP) is 4.01. The molecule has 6 heteroatoms. The summed E-state index contributed by atoms with van der Waals surface area (Å²) in [4.78, 5) is 22.4. The summed E-state index contributed by atoms with van der Waals surface area (Å²) in [6.45, 7) is 1.61. The Labute approximate surface area is 129 Å². The van der Waals surface area contributed by atoms with Gasteiger partial charge in [-0.05, 0) is 25.1 Å². The number of hydrogen-bond acceptors (Lipinski definition) is 4. The maximum absolute atomic E-state index is 12.2. The van der Waals surface area contributed by atoms with Crippen LogP contribution in [-0.4, -0.2) is 16.8 Å². The Balaban J connectivity index is 2.12. The minimum absolute atomic E-state index is 0.0733. The Morgan fingerprint density at radius 3 is 2.52 bits per heavy atom. The standard InChI is InChI=1S/C15H12BrNO4/c1-10(15(18)11-5-7-12(16)8-6-11)21-14-4-2-3-13(9-14)17(19)20/h2-10H,1H3. The fourth-order valence-electron chi connectivity index (χ4n) is 1.78. The highest BCUT2D eigenvalue weighted by Gasteiger charge is 2.17. The number of benzene rings is 2. The Bertz CT molecular complexity index is 670. The van der Waals surface area contributed by atoms with Crippen LogP contribution in [0.2, 0.25) is 0 Å². The lowest BCUT2D eigenvalue weighted by atomic mass is 10.1. The number of ether oxygens (including phenoxy) is 1. The fourth-order valence-corrected chi connectivity index (χ4v) is 2.04. The number of Topliss-reactive ketones (excluding diaryl/α,β-unsaturated/α-hetero) is 1. The molecule has 21 heavy (non-hydrogen) atoms. The number of carbonyl (C=O) groups is 1. The van der Waals surface area contributed by atoms with E-state index in [0.29, 0.717) is 11.3 Å². The van der Waals surface area contributed by atoms with E-state index in [9.17, 15) is 14.9 Å². The topological polar surface area (TPSA) is 69.4 Å². The molecule has 0 spiro atoms. The first-order valence-electron chi connectivity index (χ1n) is 6.18. The van der Waals surface area contributed by atoms with Crippen molar-refractivity contribution in [1.82, 2.24) is 0 Å². The zero-order valence-electron chi connectivity index (χ0n) is 11.2. The minimum atomic E-state index is -0.729. The fraction of sp³-hybridized carbons (Fsp3) is 0.133. The molecule has 1 unspecified atom stereocenters. The molecule has 108 valence electrons. The van der Waals surface area contributed by atoms with Crippen LogP contribution in [0.3, 0.4) is 0 Å². The molecular weight excluding hydrogens is 338 g/mol. The molecule has 1 atom stereocenters. The lowest BCUT2D eigenvalue weighted by Gasteiger charge is -2.13. The number of nitro benzene ring substituents is 1.